The predicted octanol–water partition coefficient (Wildman–Crippen LogP) is 8.24. The molecule has 35 heavy (non-hydrogen) atoms. The Morgan fingerprint density at radius 1 is 0.429 bits per heavy atom. The fraction of sp³-hybridized carbons (Fsp3) is 0. The van der Waals surface area contributed by atoms with E-state index in [1.54, 1.807) is 6.07 Å². The Morgan fingerprint density at radius 2 is 0.800 bits per heavy atom. The van der Waals surface area contributed by atoms with Gasteiger partial charge in [0.05, 0.1) is 11.1 Å². The molecule has 0 spiro atoms. The summed E-state index contributed by atoms with van der Waals surface area (Å²) in [6, 6.07) is 40.9. The number of nitrogens with zero attached hydrogens (tertiary/aromatic N) is 2. The van der Waals surface area contributed by atoms with Gasteiger partial charge in [0.2, 0.25) is 0 Å². The molecule has 0 saturated carbocycles. The van der Waals surface area contributed by atoms with E-state index in [1.807, 2.05) is 121 Å². The highest BCUT2D eigenvalue weighted by atomic mass is 19.1. The van der Waals surface area contributed by atoms with E-state index in [9.17, 15) is 10.5 Å². The maximum atomic E-state index is 15.6. The quantitative estimate of drug-likeness (QED) is 0.277. The van der Waals surface area contributed by atoms with Gasteiger partial charge in [-0.2, -0.15) is 10.5 Å². The Kier molecular flexibility index (Phi) is 5.91. The Balaban J connectivity index is 1.71. The molecule has 0 saturated heterocycles. The van der Waals surface area contributed by atoms with Crippen LogP contribution in [0.2, 0.25) is 0 Å². The molecule has 0 atom stereocenters. The lowest BCUT2D eigenvalue weighted by Crippen LogP contribution is -1.98. The number of hydrogen-bond acceptors (Lipinski definition) is 2. The summed E-state index contributed by atoms with van der Waals surface area (Å²) in [5.41, 5.74) is 6.07. The summed E-state index contributed by atoms with van der Waals surface area (Å²) >= 11 is 0. The molecule has 0 amide bonds. The molecule has 3 heteroatoms. The van der Waals surface area contributed by atoms with Gasteiger partial charge in [-0.15, -0.1) is 0 Å². The lowest BCUT2D eigenvalue weighted by molar-refractivity contribution is 0.621. The molecule has 0 heterocycles. The minimum Gasteiger partial charge on any atom is -0.204 e. The molecule has 0 N–H and O–H groups in total. The Hall–Kier alpha value is -4.99. The van der Waals surface area contributed by atoms with Crippen LogP contribution in [0.4, 0.5) is 4.39 Å². The lowest BCUT2D eigenvalue weighted by Gasteiger charge is -2.14. The van der Waals surface area contributed by atoms with Gasteiger partial charge < -0.3 is 0 Å². The molecule has 5 rings (SSSR count). The first-order valence-corrected chi connectivity index (χ1v) is 11.2. The maximum Gasteiger partial charge on any atom is 0.159 e. The summed E-state index contributed by atoms with van der Waals surface area (Å²) in [5.74, 6) is -0.794. The minimum absolute atomic E-state index is 0.130. The van der Waals surface area contributed by atoms with Gasteiger partial charge in [-0.05, 0) is 51.6 Å². The van der Waals surface area contributed by atoms with Gasteiger partial charge in [0.1, 0.15) is 12.1 Å². The van der Waals surface area contributed by atoms with Gasteiger partial charge in [-0.25, -0.2) is 4.39 Å². The van der Waals surface area contributed by atoms with Gasteiger partial charge >= 0.3 is 0 Å². The molecule has 5 aromatic rings. The zero-order valence-electron chi connectivity index (χ0n) is 18.7. The molecule has 0 aliphatic rings. The second kappa shape index (κ2) is 9.48. The summed E-state index contributed by atoms with van der Waals surface area (Å²) < 4.78 is 15.6. The Morgan fingerprint density at radius 3 is 1.20 bits per heavy atom. The van der Waals surface area contributed by atoms with Crippen molar-refractivity contribution in [2.75, 3.05) is 0 Å². The molecule has 2 nitrogen and oxygen atoms in total. The summed E-state index contributed by atoms with van der Waals surface area (Å²) in [7, 11) is 0. The van der Waals surface area contributed by atoms with Crippen molar-refractivity contribution >= 4 is 0 Å². The van der Waals surface area contributed by atoms with E-state index < -0.39 is 5.82 Å². The van der Waals surface area contributed by atoms with E-state index in [4.69, 9.17) is 0 Å². The van der Waals surface area contributed by atoms with Crippen molar-refractivity contribution < 1.29 is 4.39 Å². The number of halogens is 1. The van der Waals surface area contributed by atoms with Crippen LogP contribution in [-0.4, -0.2) is 0 Å². The first-order chi connectivity index (χ1) is 17.2. The Labute approximate surface area is 203 Å². The van der Waals surface area contributed by atoms with Crippen LogP contribution >= 0.6 is 0 Å². The molecule has 0 fully saturated rings. The molecule has 0 unspecified atom stereocenters. The van der Waals surface area contributed by atoms with Crippen molar-refractivity contribution in [1.29, 1.82) is 10.5 Å². The second-order valence-electron chi connectivity index (χ2n) is 8.15. The summed E-state index contributed by atoms with van der Waals surface area (Å²) in [6.07, 6.45) is 0. The van der Waals surface area contributed by atoms with Gasteiger partial charge in [0.15, 0.2) is 5.82 Å². The summed E-state index contributed by atoms with van der Waals surface area (Å²) in [5, 5.41) is 19.6. The molecule has 0 aliphatic heterocycles. The van der Waals surface area contributed by atoms with Crippen molar-refractivity contribution in [3.63, 3.8) is 0 Å². The standard InChI is InChI=1S/C32H19FN2/c33-32-30(20-34)28(26-15-7-13-24(17-26)22-9-3-1-4-10-22)19-29(31(32)21-35)27-16-8-14-25(18-27)23-11-5-2-6-12-23/h1-19H. The first-order valence-electron chi connectivity index (χ1n) is 11.2. The van der Waals surface area contributed by atoms with E-state index in [-0.39, 0.29) is 11.1 Å². The number of nitriles is 2. The summed E-state index contributed by atoms with van der Waals surface area (Å²) in [6.45, 7) is 0. The SMILES string of the molecule is N#Cc1c(-c2cccc(-c3ccccc3)c2)cc(-c2cccc(-c3ccccc3)c2)c(C#N)c1F. The highest BCUT2D eigenvalue weighted by Crippen LogP contribution is 2.37. The number of rotatable bonds is 4. The van der Waals surface area contributed by atoms with Crippen LogP contribution in [0.15, 0.2) is 115 Å². The normalized spacial score (nSPS) is 10.4. The van der Waals surface area contributed by atoms with E-state index in [1.165, 1.54) is 0 Å². The third-order valence-corrected chi connectivity index (χ3v) is 6.05. The molecule has 0 bridgehead atoms. The topological polar surface area (TPSA) is 47.6 Å². The second-order valence-corrected chi connectivity index (χ2v) is 8.15. The monoisotopic (exact) mass is 450 g/mol. The molecule has 0 aromatic heterocycles. The van der Waals surface area contributed by atoms with Crippen LogP contribution in [-0.2, 0) is 0 Å². The van der Waals surface area contributed by atoms with Crippen molar-refractivity contribution in [2.45, 2.75) is 0 Å². The highest BCUT2D eigenvalue weighted by molar-refractivity contribution is 5.85. The van der Waals surface area contributed by atoms with E-state index >= 15 is 4.39 Å². The summed E-state index contributed by atoms with van der Waals surface area (Å²) in [4.78, 5) is 0. The van der Waals surface area contributed by atoms with E-state index in [2.05, 4.69) is 0 Å². The third-order valence-electron chi connectivity index (χ3n) is 6.05. The van der Waals surface area contributed by atoms with Gasteiger partial charge in [-0.1, -0.05) is 97.1 Å². The van der Waals surface area contributed by atoms with Crippen LogP contribution in [0.3, 0.4) is 0 Å². The average Bonchev–Trinajstić information content (AvgIpc) is 2.93. The third kappa shape index (κ3) is 4.20. The number of hydrogen-bond donors (Lipinski definition) is 0. The van der Waals surface area contributed by atoms with Crippen LogP contribution in [0.25, 0.3) is 44.5 Å². The Bertz CT molecular complexity index is 1490. The molecule has 0 radical (unpaired) electrons. The molecular formula is C32H19FN2. The molecule has 164 valence electrons. The van der Waals surface area contributed by atoms with Gasteiger partial charge in [0, 0.05) is 11.1 Å². The van der Waals surface area contributed by atoms with Gasteiger partial charge in [0.25, 0.3) is 0 Å². The van der Waals surface area contributed by atoms with Crippen LogP contribution in [0, 0.1) is 28.5 Å². The van der Waals surface area contributed by atoms with Crippen LogP contribution < -0.4 is 0 Å². The zero-order valence-corrected chi connectivity index (χ0v) is 18.7. The lowest BCUT2D eigenvalue weighted by atomic mass is 9.89. The van der Waals surface area contributed by atoms with E-state index in [0.29, 0.717) is 22.3 Å². The predicted molar refractivity (Wildman–Crippen MR) is 138 cm³/mol. The van der Waals surface area contributed by atoms with Crippen LogP contribution in [0.5, 0.6) is 0 Å². The van der Waals surface area contributed by atoms with Crippen molar-refractivity contribution in [2.24, 2.45) is 0 Å². The molecular weight excluding hydrogens is 431 g/mol. The van der Waals surface area contributed by atoms with Crippen molar-refractivity contribution in [3.05, 3.63) is 132 Å². The fourth-order valence-electron chi connectivity index (χ4n) is 4.32. The molecule has 5 aromatic carbocycles. The fourth-order valence-corrected chi connectivity index (χ4v) is 4.32. The first kappa shape index (κ1) is 21.8. The number of benzene rings is 5. The zero-order chi connectivity index (χ0) is 24.2. The highest BCUT2D eigenvalue weighted by Gasteiger charge is 2.21. The average molecular weight is 451 g/mol. The molecule has 0 aliphatic carbocycles. The van der Waals surface area contributed by atoms with E-state index in [0.717, 1.165) is 22.3 Å². The van der Waals surface area contributed by atoms with Crippen molar-refractivity contribution in [3.8, 4) is 56.6 Å². The maximum absolute atomic E-state index is 15.6. The van der Waals surface area contributed by atoms with Gasteiger partial charge in [-0.3, -0.25) is 0 Å². The van der Waals surface area contributed by atoms with Crippen molar-refractivity contribution in [1.82, 2.24) is 0 Å². The smallest absolute Gasteiger partial charge is 0.159 e. The minimum atomic E-state index is -0.794. The largest absolute Gasteiger partial charge is 0.204 e. The van der Waals surface area contributed by atoms with Crippen LogP contribution in [0.1, 0.15) is 11.1 Å².